The van der Waals surface area contributed by atoms with E-state index in [1.54, 1.807) is 6.92 Å². The SMILES string of the molecule is Cc1nc(CN2CCC[C@H](N(C)[C@H](C(N)=O)c3ccccc3)C2)no1. The molecule has 0 spiro atoms. The van der Waals surface area contributed by atoms with Crippen LogP contribution in [0.4, 0.5) is 0 Å². The molecule has 1 aliphatic heterocycles. The molecule has 0 unspecified atom stereocenters. The third kappa shape index (κ3) is 4.24. The van der Waals surface area contributed by atoms with Crippen LogP contribution in [0.15, 0.2) is 34.9 Å². The van der Waals surface area contributed by atoms with Crippen molar-refractivity contribution in [1.29, 1.82) is 0 Å². The molecule has 3 rings (SSSR count). The second-order valence-corrected chi connectivity index (χ2v) is 6.64. The highest BCUT2D eigenvalue weighted by Crippen LogP contribution is 2.25. The monoisotopic (exact) mass is 343 g/mol. The molecule has 0 aliphatic carbocycles. The number of rotatable bonds is 6. The summed E-state index contributed by atoms with van der Waals surface area (Å²) in [5, 5.41) is 3.98. The predicted octanol–water partition coefficient (Wildman–Crippen LogP) is 1.50. The Morgan fingerprint density at radius 3 is 2.84 bits per heavy atom. The molecule has 7 heteroatoms. The highest BCUT2D eigenvalue weighted by Gasteiger charge is 2.31. The number of primary amides is 1. The normalized spacial score (nSPS) is 19.9. The predicted molar refractivity (Wildman–Crippen MR) is 93.5 cm³/mol. The number of likely N-dealkylation sites (N-methyl/N-ethyl adjacent to an activating group) is 1. The maximum atomic E-state index is 12.1. The highest BCUT2D eigenvalue weighted by atomic mass is 16.5. The molecule has 2 aromatic rings. The molecule has 0 radical (unpaired) electrons. The van der Waals surface area contributed by atoms with Gasteiger partial charge in [0.15, 0.2) is 5.82 Å². The molecule has 1 aliphatic rings. The zero-order valence-electron chi connectivity index (χ0n) is 14.8. The van der Waals surface area contributed by atoms with E-state index in [0.29, 0.717) is 18.3 Å². The minimum atomic E-state index is -0.418. The van der Waals surface area contributed by atoms with Crippen molar-refractivity contribution in [3.63, 3.8) is 0 Å². The molecule has 1 fully saturated rings. The van der Waals surface area contributed by atoms with Crippen molar-refractivity contribution in [2.45, 2.75) is 38.4 Å². The van der Waals surface area contributed by atoms with Crippen molar-refractivity contribution in [3.05, 3.63) is 47.6 Å². The van der Waals surface area contributed by atoms with E-state index in [1.165, 1.54) is 0 Å². The van der Waals surface area contributed by atoms with Crippen LogP contribution >= 0.6 is 0 Å². The number of carbonyl (C=O) groups is 1. The number of nitrogens with two attached hydrogens (primary N) is 1. The summed E-state index contributed by atoms with van der Waals surface area (Å²) in [6.07, 6.45) is 2.10. The summed E-state index contributed by atoms with van der Waals surface area (Å²) in [4.78, 5) is 20.8. The number of aryl methyl sites for hydroxylation is 1. The number of nitrogens with zero attached hydrogens (tertiary/aromatic N) is 4. The van der Waals surface area contributed by atoms with Crippen molar-refractivity contribution in [2.24, 2.45) is 5.73 Å². The van der Waals surface area contributed by atoms with E-state index in [4.69, 9.17) is 10.3 Å². The summed E-state index contributed by atoms with van der Waals surface area (Å²) in [6.45, 7) is 4.29. The quantitative estimate of drug-likeness (QED) is 0.855. The number of carbonyl (C=O) groups excluding carboxylic acids is 1. The zero-order valence-corrected chi connectivity index (χ0v) is 14.8. The fourth-order valence-corrected chi connectivity index (χ4v) is 3.56. The summed E-state index contributed by atoms with van der Waals surface area (Å²) in [5.41, 5.74) is 6.64. The topological polar surface area (TPSA) is 88.5 Å². The van der Waals surface area contributed by atoms with Gasteiger partial charge in [-0.3, -0.25) is 14.6 Å². The Bertz CT molecular complexity index is 703. The second kappa shape index (κ2) is 7.76. The third-order valence-corrected chi connectivity index (χ3v) is 4.78. The summed E-state index contributed by atoms with van der Waals surface area (Å²) < 4.78 is 5.05. The van der Waals surface area contributed by atoms with E-state index in [0.717, 1.165) is 31.5 Å². The van der Waals surface area contributed by atoms with Crippen LogP contribution < -0.4 is 5.73 Å². The summed E-state index contributed by atoms with van der Waals surface area (Å²) in [6, 6.07) is 9.55. The summed E-state index contributed by atoms with van der Waals surface area (Å²) >= 11 is 0. The van der Waals surface area contributed by atoms with Gasteiger partial charge in [-0.05, 0) is 32.0 Å². The second-order valence-electron chi connectivity index (χ2n) is 6.64. The average molecular weight is 343 g/mol. The molecule has 2 N–H and O–H groups in total. The Kier molecular flexibility index (Phi) is 5.45. The highest BCUT2D eigenvalue weighted by molar-refractivity contribution is 5.81. The molecule has 1 aromatic carbocycles. The Balaban J connectivity index is 1.69. The molecular formula is C18H25N5O2. The largest absolute Gasteiger partial charge is 0.368 e. The van der Waals surface area contributed by atoms with Crippen LogP contribution in [-0.2, 0) is 11.3 Å². The number of benzene rings is 1. The van der Waals surface area contributed by atoms with E-state index in [1.807, 2.05) is 37.4 Å². The fourth-order valence-electron chi connectivity index (χ4n) is 3.56. The van der Waals surface area contributed by atoms with Crippen LogP contribution in [0.5, 0.6) is 0 Å². The number of hydrogen-bond acceptors (Lipinski definition) is 6. The van der Waals surface area contributed by atoms with Crippen molar-refractivity contribution in [2.75, 3.05) is 20.1 Å². The van der Waals surface area contributed by atoms with Gasteiger partial charge in [-0.1, -0.05) is 35.5 Å². The number of hydrogen-bond donors (Lipinski definition) is 1. The van der Waals surface area contributed by atoms with E-state index in [9.17, 15) is 4.79 Å². The lowest BCUT2D eigenvalue weighted by atomic mass is 9.98. The van der Waals surface area contributed by atoms with Gasteiger partial charge in [0, 0.05) is 19.5 Å². The maximum Gasteiger partial charge on any atom is 0.239 e. The molecule has 1 saturated heterocycles. The minimum Gasteiger partial charge on any atom is -0.368 e. The first-order chi connectivity index (χ1) is 12.0. The molecule has 1 amide bonds. The van der Waals surface area contributed by atoms with E-state index >= 15 is 0 Å². The van der Waals surface area contributed by atoms with Gasteiger partial charge in [0.2, 0.25) is 11.8 Å². The van der Waals surface area contributed by atoms with Crippen LogP contribution in [0.25, 0.3) is 0 Å². The lowest BCUT2D eigenvalue weighted by Gasteiger charge is -2.40. The summed E-state index contributed by atoms with van der Waals surface area (Å²) in [5.74, 6) is 0.966. The molecule has 2 heterocycles. The van der Waals surface area contributed by atoms with Gasteiger partial charge in [-0.15, -0.1) is 0 Å². The first-order valence-corrected chi connectivity index (χ1v) is 8.62. The Labute approximate surface area is 147 Å². The van der Waals surface area contributed by atoms with Crippen molar-refractivity contribution in [3.8, 4) is 0 Å². The average Bonchev–Trinajstić information content (AvgIpc) is 3.00. The molecule has 2 atom stereocenters. The van der Waals surface area contributed by atoms with Crippen molar-refractivity contribution < 1.29 is 9.32 Å². The van der Waals surface area contributed by atoms with Gasteiger partial charge in [0.25, 0.3) is 0 Å². The number of aromatic nitrogens is 2. The first-order valence-electron chi connectivity index (χ1n) is 8.62. The molecular weight excluding hydrogens is 318 g/mol. The number of amides is 1. The summed E-state index contributed by atoms with van der Waals surface area (Å²) in [7, 11) is 1.98. The maximum absolute atomic E-state index is 12.1. The molecule has 134 valence electrons. The van der Waals surface area contributed by atoms with Crippen molar-refractivity contribution >= 4 is 5.91 Å². The van der Waals surface area contributed by atoms with E-state index in [-0.39, 0.29) is 11.9 Å². The van der Waals surface area contributed by atoms with Gasteiger partial charge in [-0.25, -0.2) is 0 Å². The lowest BCUT2D eigenvalue weighted by molar-refractivity contribution is -0.124. The third-order valence-electron chi connectivity index (χ3n) is 4.78. The molecule has 1 aromatic heterocycles. The number of piperidine rings is 1. The van der Waals surface area contributed by atoms with Crippen LogP contribution in [0.1, 0.15) is 36.2 Å². The zero-order chi connectivity index (χ0) is 17.8. The van der Waals surface area contributed by atoms with E-state index in [2.05, 4.69) is 19.9 Å². The lowest BCUT2D eigenvalue weighted by Crippen LogP contribution is -2.49. The first kappa shape index (κ1) is 17.6. The van der Waals surface area contributed by atoms with Crippen molar-refractivity contribution in [1.82, 2.24) is 19.9 Å². The molecule has 7 nitrogen and oxygen atoms in total. The van der Waals surface area contributed by atoms with Gasteiger partial charge >= 0.3 is 0 Å². The van der Waals surface area contributed by atoms with Gasteiger partial charge < -0.3 is 10.3 Å². The molecule has 0 saturated carbocycles. The Hall–Kier alpha value is -2.25. The van der Waals surface area contributed by atoms with Gasteiger partial charge in [0.1, 0.15) is 6.04 Å². The van der Waals surface area contributed by atoms with Gasteiger partial charge in [0.05, 0.1) is 6.54 Å². The smallest absolute Gasteiger partial charge is 0.239 e. The van der Waals surface area contributed by atoms with Crippen LogP contribution in [0.3, 0.4) is 0 Å². The van der Waals surface area contributed by atoms with Gasteiger partial charge in [-0.2, -0.15) is 4.98 Å². The van der Waals surface area contributed by atoms with E-state index < -0.39 is 6.04 Å². The number of likely N-dealkylation sites (tertiary alicyclic amines) is 1. The fraction of sp³-hybridized carbons (Fsp3) is 0.500. The molecule has 25 heavy (non-hydrogen) atoms. The Morgan fingerprint density at radius 1 is 1.44 bits per heavy atom. The Morgan fingerprint density at radius 2 is 2.20 bits per heavy atom. The standard InChI is InChI=1S/C18H25N5O2/c1-13-20-16(21-25-13)12-23-10-6-9-15(11-23)22(2)17(18(19)24)14-7-4-3-5-8-14/h3-5,7-8,15,17H,6,9-12H2,1-2H3,(H2,19,24)/t15-,17-/m0/s1. The minimum absolute atomic E-state index is 0.249. The molecule has 0 bridgehead atoms. The van der Waals surface area contributed by atoms with Crippen LogP contribution in [0.2, 0.25) is 0 Å². The van der Waals surface area contributed by atoms with Crippen LogP contribution in [0, 0.1) is 6.92 Å². The van der Waals surface area contributed by atoms with Crippen LogP contribution in [-0.4, -0.2) is 52.0 Å².